The van der Waals surface area contributed by atoms with Crippen molar-refractivity contribution in [2.75, 3.05) is 11.9 Å². The lowest BCUT2D eigenvalue weighted by Gasteiger charge is -2.09. The first-order valence-corrected chi connectivity index (χ1v) is 9.09. The van der Waals surface area contributed by atoms with Crippen molar-refractivity contribution in [1.82, 2.24) is 10.3 Å². The summed E-state index contributed by atoms with van der Waals surface area (Å²) in [4.78, 5) is 28.5. The summed E-state index contributed by atoms with van der Waals surface area (Å²) in [7, 11) is 0. The molecule has 6 nitrogen and oxygen atoms in total. The lowest BCUT2D eigenvalue weighted by Crippen LogP contribution is -2.24. The molecule has 0 unspecified atom stereocenters. The third-order valence-corrected chi connectivity index (χ3v) is 4.02. The predicted octanol–water partition coefficient (Wildman–Crippen LogP) is 3.83. The highest BCUT2D eigenvalue weighted by Crippen LogP contribution is 2.18. The van der Waals surface area contributed by atoms with Crippen LogP contribution in [0.4, 0.5) is 5.69 Å². The van der Waals surface area contributed by atoms with Crippen LogP contribution in [0.25, 0.3) is 0 Å². The summed E-state index contributed by atoms with van der Waals surface area (Å²) < 4.78 is 5.73. The SMILES string of the molecule is C=CCNC(=O)c1ccnc(C(=O)Nc2ccc(OCc3ccccc3)cc2)c1. The van der Waals surface area contributed by atoms with E-state index in [1.807, 2.05) is 30.3 Å². The standard InChI is InChI=1S/C23H21N3O3/c1-2-13-25-22(27)18-12-14-24-21(15-18)23(28)26-19-8-10-20(11-9-19)29-16-17-6-4-3-5-7-17/h2-12,14-15H,1,13,16H2,(H,25,27)(H,26,28). The van der Waals surface area contributed by atoms with Crippen LogP contribution < -0.4 is 15.4 Å². The number of hydrogen-bond acceptors (Lipinski definition) is 4. The topological polar surface area (TPSA) is 80.3 Å². The number of aromatic nitrogens is 1. The van der Waals surface area contributed by atoms with Crippen LogP contribution in [-0.4, -0.2) is 23.3 Å². The van der Waals surface area contributed by atoms with Crippen LogP contribution in [0.5, 0.6) is 5.75 Å². The number of carbonyl (C=O) groups excluding carboxylic acids is 2. The van der Waals surface area contributed by atoms with Crippen LogP contribution in [0.2, 0.25) is 0 Å². The molecule has 29 heavy (non-hydrogen) atoms. The summed E-state index contributed by atoms with van der Waals surface area (Å²) in [5, 5.41) is 5.43. The summed E-state index contributed by atoms with van der Waals surface area (Å²) in [6.45, 7) is 4.37. The molecule has 0 saturated carbocycles. The Hall–Kier alpha value is -3.93. The Morgan fingerprint density at radius 2 is 1.76 bits per heavy atom. The molecule has 0 fully saturated rings. The van der Waals surface area contributed by atoms with Gasteiger partial charge in [0, 0.05) is 24.0 Å². The molecule has 1 heterocycles. The van der Waals surface area contributed by atoms with Gasteiger partial charge in [0.15, 0.2) is 0 Å². The van der Waals surface area contributed by atoms with E-state index in [0.29, 0.717) is 30.2 Å². The molecule has 0 saturated heterocycles. The van der Waals surface area contributed by atoms with E-state index in [4.69, 9.17) is 4.74 Å². The molecule has 0 radical (unpaired) electrons. The van der Waals surface area contributed by atoms with Gasteiger partial charge in [0.2, 0.25) is 0 Å². The van der Waals surface area contributed by atoms with Gasteiger partial charge in [0.25, 0.3) is 11.8 Å². The maximum atomic E-state index is 12.4. The Balaban J connectivity index is 1.59. The van der Waals surface area contributed by atoms with Gasteiger partial charge in [0.1, 0.15) is 18.1 Å². The number of hydrogen-bond donors (Lipinski definition) is 2. The number of rotatable bonds is 8. The summed E-state index contributed by atoms with van der Waals surface area (Å²) in [5.41, 5.74) is 2.19. The molecular formula is C23H21N3O3. The number of amides is 2. The highest BCUT2D eigenvalue weighted by atomic mass is 16.5. The molecular weight excluding hydrogens is 366 g/mol. The van der Waals surface area contributed by atoms with Crippen LogP contribution in [-0.2, 0) is 6.61 Å². The first kappa shape index (κ1) is 19.8. The maximum absolute atomic E-state index is 12.4. The zero-order chi connectivity index (χ0) is 20.5. The first-order chi connectivity index (χ1) is 14.2. The van der Waals surface area contributed by atoms with Gasteiger partial charge < -0.3 is 15.4 Å². The minimum Gasteiger partial charge on any atom is -0.489 e. The van der Waals surface area contributed by atoms with E-state index in [9.17, 15) is 9.59 Å². The smallest absolute Gasteiger partial charge is 0.274 e. The Bertz CT molecular complexity index is 986. The van der Waals surface area contributed by atoms with Crippen molar-refractivity contribution in [3.8, 4) is 5.75 Å². The molecule has 0 spiro atoms. The normalized spacial score (nSPS) is 10.1. The lowest BCUT2D eigenvalue weighted by molar-refractivity contribution is 0.0958. The van der Waals surface area contributed by atoms with Crippen LogP contribution in [0, 0.1) is 0 Å². The van der Waals surface area contributed by atoms with Crippen LogP contribution in [0.15, 0.2) is 85.6 Å². The second-order valence-electron chi connectivity index (χ2n) is 6.18. The molecule has 6 heteroatoms. The molecule has 0 aliphatic carbocycles. The van der Waals surface area contributed by atoms with Crippen LogP contribution >= 0.6 is 0 Å². The third kappa shape index (κ3) is 5.77. The molecule has 2 aromatic carbocycles. The van der Waals surface area contributed by atoms with Gasteiger partial charge in [-0.1, -0.05) is 36.4 Å². The van der Waals surface area contributed by atoms with Gasteiger partial charge in [-0.15, -0.1) is 6.58 Å². The molecule has 146 valence electrons. The number of nitrogens with zero attached hydrogens (tertiary/aromatic N) is 1. The Morgan fingerprint density at radius 3 is 2.48 bits per heavy atom. The van der Waals surface area contributed by atoms with Gasteiger partial charge >= 0.3 is 0 Å². The summed E-state index contributed by atoms with van der Waals surface area (Å²) in [6, 6.07) is 19.9. The minimum atomic E-state index is -0.402. The third-order valence-electron chi connectivity index (χ3n) is 4.02. The van der Waals surface area contributed by atoms with E-state index >= 15 is 0 Å². The summed E-state index contributed by atoms with van der Waals surface area (Å²) >= 11 is 0. The number of ether oxygens (including phenoxy) is 1. The molecule has 0 aliphatic rings. The average Bonchev–Trinajstić information content (AvgIpc) is 2.77. The average molecular weight is 387 g/mol. The predicted molar refractivity (Wildman–Crippen MR) is 112 cm³/mol. The lowest BCUT2D eigenvalue weighted by atomic mass is 10.2. The van der Waals surface area contributed by atoms with E-state index in [1.54, 1.807) is 36.4 Å². The molecule has 3 rings (SSSR count). The van der Waals surface area contributed by atoms with Gasteiger partial charge in [-0.25, -0.2) is 0 Å². The molecule has 0 atom stereocenters. The van der Waals surface area contributed by atoms with Gasteiger partial charge in [-0.2, -0.15) is 0 Å². The zero-order valence-corrected chi connectivity index (χ0v) is 15.8. The highest BCUT2D eigenvalue weighted by Gasteiger charge is 2.12. The van der Waals surface area contributed by atoms with Crippen molar-refractivity contribution in [2.24, 2.45) is 0 Å². The van der Waals surface area contributed by atoms with Gasteiger partial charge in [-0.05, 0) is 42.0 Å². The first-order valence-electron chi connectivity index (χ1n) is 9.09. The zero-order valence-electron chi connectivity index (χ0n) is 15.8. The van der Waals surface area contributed by atoms with E-state index in [1.165, 1.54) is 12.3 Å². The fourth-order valence-corrected chi connectivity index (χ4v) is 2.53. The van der Waals surface area contributed by atoms with E-state index in [-0.39, 0.29) is 11.6 Å². The highest BCUT2D eigenvalue weighted by molar-refractivity contribution is 6.04. The largest absolute Gasteiger partial charge is 0.489 e. The molecule has 2 amide bonds. The summed E-state index contributed by atoms with van der Waals surface area (Å²) in [6.07, 6.45) is 3.01. The monoisotopic (exact) mass is 387 g/mol. The van der Waals surface area contributed by atoms with Crippen molar-refractivity contribution in [3.05, 3.63) is 102 Å². The molecule has 3 aromatic rings. The van der Waals surface area contributed by atoms with E-state index in [2.05, 4.69) is 22.2 Å². The molecule has 1 aromatic heterocycles. The van der Waals surface area contributed by atoms with Crippen molar-refractivity contribution in [3.63, 3.8) is 0 Å². The van der Waals surface area contributed by atoms with Crippen molar-refractivity contribution >= 4 is 17.5 Å². The fraction of sp³-hybridized carbons (Fsp3) is 0.0870. The van der Waals surface area contributed by atoms with Crippen molar-refractivity contribution < 1.29 is 14.3 Å². The number of nitrogens with one attached hydrogen (secondary N) is 2. The Kier molecular flexibility index (Phi) is 6.73. The van der Waals surface area contributed by atoms with Gasteiger partial charge in [-0.3, -0.25) is 14.6 Å². The second kappa shape index (κ2) is 9.85. The van der Waals surface area contributed by atoms with E-state index < -0.39 is 5.91 Å². The number of benzene rings is 2. The maximum Gasteiger partial charge on any atom is 0.274 e. The number of carbonyl (C=O) groups is 2. The summed E-state index contributed by atoms with van der Waals surface area (Å²) in [5.74, 6) is 0.00783. The molecule has 0 bridgehead atoms. The number of anilines is 1. The quantitative estimate of drug-likeness (QED) is 0.576. The van der Waals surface area contributed by atoms with Crippen LogP contribution in [0.3, 0.4) is 0 Å². The van der Waals surface area contributed by atoms with E-state index in [0.717, 1.165) is 5.56 Å². The van der Waals surface area contributed by atoms with Crippen LogP contribution in [0.1, 0.15) is 26.4 Å². The Labute approximate surface area is 169 Å². The van der Waals surface area contributed by atoms with Gasteiger partial charge in [0.05, 0.1) is 0 Å². The molecule has 0 aliphatic heterocycles. The minimum absolute atomic E-state index is 0.153. The van der Waals surface area contributed by atoms with Crippen molar-refractivity contribution in [1.29, 1.82) is 0 Å². The van der Waals surface area contributed by atoms with Crippen molar-refractivity contribution in [2.45, 2.75) is 6.61 Å². The fourth-order valence-electron chi connectivity index (χ4n) is 2.53. The molecule has 2 N–H and O–H groups in total. The second-order valence-corrected chi connectivity index (χ2v) is 6.18. The Morgan fingerprint density at radius 1 is 1.00 bits per heavy atom. The number of pyridine rings is 1.